The van der Waals surface area contributed by atoms with Gasteiger partial charge < -0.3 is 10.0 Å². The van der Waals surface area contributed by atoms with Crippen LogP contribution in [0.3, 0.4) is 0 Å². The average molecular weight is 379 g/mol. The molecule has 0 saturated heterocycles. The molecule has 0 aliphatic rings. The number of halogens is 3. The maximum atomic E-state index is 12.6. The third-order valence-electron chi connectivity index (χ3n) is 4.06. The highest BCUT2D eigenvalue weighted by atomic mass is 19.4. The number of benzene rings is 2. The lowest BCUT2D eigenvalue weighted by molar-refractivity contribution is -0.146. The first-order chi connectivity index (χ1) is 12.7. The fourth-order valence-electron chi connectivity index (χ4n) is 2.58. The van der Waals surface area contributed by atoms with Gasteiger partial charge in [0.1, 0.15) is 0 Å². The Kier molecular flexibility index (Phi) is 6.98. The van der Waals surface area contributed by atoms with E-state index in [-0.39, 0.29) is 24.4 Å². The molecule has 0 aliphatic heterocycles. The topological polar surface area (TPSA) is 57.6 Å². The van der Waals surface area contributed by atoms with Crippen LogP contribution in [0.5, 0.6) is 0 Å². The third-order valence-corrected chi connectivity index (χ3v) is 4.06. The van der Waals surface area contributed by atoms with Crippen molar-refractivity contribution in [3.63, 3.8) is 0 Å². The number of nitrogens with zero attached hydrogens (tertiary/aromatic N) is 1. The van der Waals surface area contributed by atoms with E-state index in [4.69, 9.17) is 5.11 Å². The number of alkyl halides is 3. The standard InChI is InChI=1S/C20H20F3NO3/c21-20(22,23)12-13-24(14-16-4-2-1-3-5-16)18(25)11-8-15-6-9-17(10-7-15)19(26)27/h1-7,9-10H,8,11-14H2,(H,26,27). The van der Waals surface area contributed by atoms with Crippen LogP contribution in [0.2, 0.25) is 0 Å². The molecule has 2 aromatic carbocycles. The normalized spacial score (nSPS) is 11.2. The molecular weight excluding hydrogens is 359 g/mol. The highest BCUT2D eigenvalue weighted by Gasteiger charge is 2.29. The minimum atomic E-state index is -4.33. The van der Waals surface area contributed by atoms with Crippen LogP contribution in [0.1, 0.15) is 34.3 Å². The lowest BCUT2D eigenvalue weighted by Gasteiger charge is -2.23. The van der Waals surface area contributed by atoms with Crippen LogP contribution in [-0.4, -0.2) is 34.6 Å². The van der Waals surface area contributed by atoms with E-state index in [9.17, 15) is 22.8 Å². The number of hydrogen-bond acceptors (Lipinski definition) is 2. The molecule has 0 spiro atoms. The lowest BCUT2D eigenvalue weighted by Crippen LogP contribution is -2.34. The quantitative estimate of drug-likeness (QED) is 0.744. The monoisotopic (exact) mass is 379 g/mol. The number of rotatable bonds is 8. The van der Waals surface area contributed by atoms with Crippen LogP contribution in [0, 0.1) is 0 Å². The van der Waals surface area contributed by atoms with Crippen molar-refractivity contribution in [3.8, 4) is 0 Å². The van der Waals surface area contributed by atoms with E-state index in [2.05, 4.69) is 0 Å². The molecule has 1 N–H and O–H groups in total. The molecule has 1 amide bonds. The van der Waals surface area contributed by atoms with Crippen molar-refractivity contribution in [2.75, 3.05) is 6.54 Å². The first-order valence-electron chi connectivity index (χ1n) is 8.45. The number of carboxylic acid groups (broad SMARTS) is 1. The predicted octanol–water partition coefficient (Wildman–Crippen LogP) is 4.30. The Balaban J connectivity index is 2.00. The Morgan fingerprint density at radius 1 is 0.926 bits per heavy atom. The number of carbonyl (C=O) groups is 2. The fourth-order valence-corrected chi connectivity index (χ4v) is 2.58. The van der Waals surface area contributed by atoms with E-state index in [1.807, 2.05) is 0 Å². The zero-order chi connectivity index (χ0) is 19.9. The van der Waals surface area contributed by atoms with Gasteiger partial charge in [-0.25, -0.2) is 4.79 Å². The molecule has 0 aromatic heterocycles. The molecule has 2 aromatic rings. The zero-order valence-electron chi connectivity index (χ0n) is 14.6. The molecule has 7 heteroatoms. The summed E-state index contributed by atoms with van der Waals surface area (Å²) in [5, 5.41) is 8.88. The third kappa shape index (κ3) is 7.13. The van der Waals surface area contributed by atoms with Crippen LogP contribution >= 0.6 is 0 Å². The van der Waals surface area contributed by atoms with E-state index in [0.717, 1.165) is 11.1 Å². The van der Waals surface area contributed by atoms with Gasteiger partial charge in [0.2, 0.25) is 5.91 Å². The predicted molar refractivity (Wildman–Crippen MR) is 94.3 cm³/mol. The molecule has 0 radical (unpaired) electrons. The van der Waals surface area contributed by atoms with Gasteiger partial charge in [-0.15, -0.1) is 0 Å². The summed E-state index contributed by atoms with van der Waals surface area (Å²) in [4.78, 5) is 24.5. The number of amides is 1. The van der Waals surface area contributed by atoms with Crippen molar-refractivity contribution in [2.24, 2.45) is 0 Å². The van der Waals surface area contributed by atoms with Crippen molar-refractivity contribution in [1.29, 1.82) is 0 Å². The number of aromatic carboxylic acids is 1. The van der Waals surface area contributed by atoms with Gasteiger partial charge in [-0.2, -0.15) is 13.2 Å². The number of hydrogen-bond donors (Lipinski definition) is 1. The average Bonchev–Trinajstić information content (AvgIpc) is 2.63. The van der Waals surface area contributed by atoms with Gasteiger partial charge in [0.15, 0.2) is 0 Å². The second-order valence-corrected chi connectivity index (χ2v) is 6.17. The Morgan fingerprint density at radius 3 is 2.11 bits per heavy atom. The summed E-state index contributed by atoms with van der Waals surface area (Å²) in [7, 11) is 0. The van der Waals surface area contributed by atoms with Gasteiger partial charge in [-0.05, 0) is 29.7 Å². The first kappa shape index (κ1) is 20.5. The Bertz CT molecular complexity index is 758. The van der Waals surface area contributed by atoms with E-state index in [1.165, 1.54) is 17.0 Å². The van der Waals surface area contributed by atoms with E-state index in [1.54, 1.807) is 42.5 Å². The van der Waals surface area contributed by atoms with Crippen molar-refractivity contribution >= 4 is 11.9 Å². The van der Waals surface area contributed by atoms with Crippen LogP contribution in [0.15, 0.2) is 54.6 Å². The molecule has 0 unspecified atom stereocenters. The van der Waals surface area contributed by atoms with Crippen molar-refractivity contribution < 1.29 is 27.9 Å². The molecule has 0 saturated carbocycles. The Morgan fingerprint density at radius 2 is 1.56 bits per heavy atom. The zero-order valence-corrected chi connectivity index (χ0v) is 14.6. The molecule has 27 heavy (non-hydrogen) atoms. The largest absolute Gasteiger partial charge is 0.478 e. The minimum Gasteiger partial charge on any atom is -0.478 e. The molecule has 0 fully saturated rings. The van der Waals surface area contributed by atoms with Crippen LogP contribution in [0.25, 0.3) is 0 Å². The SMILES string of the molecule is O=C(O)c1ccc(CCC(=O)N(CCC(F)(F)F)Cc2ccccc2)cc1. The van der Waals surface area contributed by atoms with Gasteiger partial charge in [0.25, 0.3) is 0 Å². The second-order valence-electron chi connectivity index (χ2n) is 6.17. The van der Waals surface area contributed by atoms with Crippen LogP contribution < -0.4 is 0 Å². The van der Waals surface area contributed by atoms with Gasteiger partial charge in [-0.3, -0.25) is 4.79 Å². The van der Waals surface area contributed by atoms with E-state index in [0.29, 0.717) is 6.42 Å². The maximum absolute atomic E-state index is 12.6. The van der Waals surface area contributed by atoms with Gasteiger partial charge >= 0.3 is 12.1 Å². The van der Waals surface area contributed by atoms with Gasteiger partial charge in [0.05, 0.1) is 12.0 Å². The number of carbonyl (C=O) groups excluding carboxylic acids is 1. The van der Waals surface area contributed by atoms with Crippen molar-refractivity contribution in [2.45, 2.75) is 32.0 Å². The van der Waals surface area contributed by atoms with Crippen molar-refractivity contribution in [3.05, 3.63) is 71.3 Å². The highest BCUT2D eigenvalue weighted by Crippen LogP contribution is 2.21. The molecule has 0 atom stereocenters. The van der Waals surface area contributed by atoms with E-state index < -0.39 is 25.1 Å². The minimum absolute atomic E-state index is 0.0527. The lowest BCUT2D eigenvalue weighted by atomic mass is 10.1. The Labute approximate surface area is 155 Å². The summed E-state index contributed by atoms with van der Waals surface area (Å²) >= 11 is 0. The summed E-state index contributed by atoms with van der Waals surface area (Å²) in [6.07, 6.45) is -5.01. The number of carboxylic acids is 1. The molecule has 2 rings (SSSR count). The maximum Gasteiger partial charge on any atom is 0.390 e. The Hall–Kier alpha value is -2.83. The van der Waals surface area contributed by atoms with E-state index >= 15 is 0 Å². The van der Waals surface area contributed by atoms with Crippen LogP contribution in [-0.2, 0) is 17.8 Å². The summed E-state index contributed by atoms with van der Waals surface area (Å²) in [5.74, 6) is -1.41. The molecule has 0 aliphatic carbocycles. The second kappa shape index (κ2) is 9.21. The molecule has 0 heterocycles. The first-order valence-corrected chi connectivity index (χ1v) is 8.45. The molecule has 0 bridgehead atoms. The molecule has 4 nitrogen and oxygen atoms in total. The molecular formula is C20H20F3NO3. The smallest absolute Gasteiger partial charge is 0.390 e. The summed E-state index contributed by atoms with van der Waals surface area (Å²) in [5.41, 5.74) is 1.66. The highest BCUT2D eigenvalue weighted by molar-refractivity contribution is 5.87. The number of aryl methyl sites for hydroxylation is 1. The van der Waals surface area contributed by atoms with Crippen molar-refractivity contribution in [1.82, 2.24) is 4.90 Å². The van der Waals surface area contributed by atoms with Crippen LogP contribution in [0.4, 0.5) is 13.2 Å². The fraction of sp³-hybridized carbons (Fsp3) is 0.300. The summed E-state index contributed by atoms with van der Waals surface area (Å²) in [6, 6.07) is 14.9. The summed E-state index contributed by atoms with van der Waals surface area (Å²) < 4.78 is 37.8. The van der Waals surface area contributed by atoms with Gasteiger partial charge in [-0.1, -0.05) is 42.5 Å². The van der Waals surface area contributed by atoms with Gasteiger partial charge in [0, 0.05) is 19.5 Å². The molecule has 144 valence electrons. The summed E-state index contributed by atoms with van der Waals surface area (Å²) in [6.45, 7) is -0.275.